The minimum absolute atomic E-state index is 0.0665. The first kappa shape index (κ1) is 30.0. The van der Waals surface area contributed by atoms with E-state index in [-0.39, 0.29) is 11.8 Å². The maximum absolute atomic E-state index is 14.3. The number of carboxylic acids is 1. The molecule has 1 amide bonds. The van der Waals surface area contributed by atoms with Gasteiger partial charge in [-0.15, -0.1) is 0 Å². The molecule has 0 spiro atoms. The van der Waals surface area contributed by atoms with Gasteiger partial charge in [-0.3, -0.25) is 4.79 Å². The molecule has 40 heavy (non-hydrogen) atoms. The van der Waals surface area contributed by atoms with Crippen molar-refractivity contribution in [2.24, 2.45) is 11.8 Å². The van der Waals surface area contributed by atoms with E-state index in [4.69, 9.17) is 9.47 Å². The lowest BCUT2D eigenvalue weighted by Crippen LogP contribution is -2.53. The van der Waals surface area contributed by atoms with E-state index in [0.29, 0.717) is 18.3 Å². The van der Waals surface area contributed by atoms with Crippen molar-refractivity contribution in [2.75, 3.05) is 14.2 Å². The second kappa shape index (κ2) is 12.7. The molecular formula is C32H45N3O5. The Morgan fingerprint density at radius 1 is 1.12 bits per heavy atom. The number of benzene rings is 1. The van der Waals surface area contributed by atoms with E-state index in [9.17, 15) is 14.7 Å². The second-order valence-corrected chi connectivity index (χ2v) is 12.1. The van der Waals surface area contributed by atoms with Crippen LogP contribution in [0.25, 0.3) is 0 Å². The number of likely N-dealkylation sites (tertiary alicyclic amines) is 1. The SMILES string of the molecule is COc1ncc(C(C)C)cc1CN[C@H]1[C@H](C(C)(C)OC)[C@@H](C(=O)O)N(C(=O)C2CCCCC2)[C@H]1c1ccccc1. The molecule has 1 aliphatic carbocycles. The zero-order valence-corrected chi connectivity index (χ0v) is 24.7. The number of aliphatic carboxylic acids is 1. The highest BCUT2D eigenvalue weighted by molar-refractivity contribution is 5.87. The fraction of sp³-hybridized carbons (Fsp3) is 0.594. The number of methoxy groups -OCH3 is 2. The maximum atomic E-state index is 14.3. The Balaban J connectivity index is 1.82. The van der Waals surface area contributed by atoms with Gasteiger partial charge in [-0.05, 0) is 49.8 Å². The summed E-state index contributed by atoms with van der Waals surface area (Å²) < 4.78 is 11.5. The van der Waals surface area contributed by atoms with Crippen molar-refractivity contribution in [1.82, 2.24) is 15.2 Å². The molecule has 8 nitrogen and oxygen atoms in total. The van der Waals surface area contributed by atoms with Gasteiger partial charge in [-0.1, -0.05) is 63.4 Å². The molecule has 1 aromatic carbocycles. The molecular weight excluding hydrogens is 506 g/mol. The lowest BCUT2D eigenvalue weighted by Gasteiger charge is -2.37. The Morgan fingerprint density at radius 3 is 2.38 bits per heavy atom. The number of carbonyl (C=O) groups is 2. The van der Waals surface area contributed by atoms with Gasteiger partial charge in [0.1, 0.15) is 6.04 Å². The molecule has 1 aromatic heterocycles. The predicted molar refractivity (Wildman–Crippen MR) is 154 cm³/mol. The number of ether oxygens (including phenoxy) is 2. The Morgan fingerprint density at radius 2 is 1.80 bits per heavy atom. The van der Waals surface area contributed by atoms with Gasteiger partial charge in [0.05, 0.1) is 18.8 Å². The molecule has 1 aliphatic heterocycles. The summed E-state index contributed by atoms with van der Waals surface area (Å²) in [7, 11) is 3.21. The van der Waals surface area contributed by atoms with E-state index >= 15 is 0 Å². The topological polar surface area (TPSA) is 101 Å². The quantitative estimate of drug-likeness (QED) is 0.412. The molecule has 2 aliphatic rings. The number of hydrogen-bond donors (Lipinski definition) is 2. The van der Waals surface area contributed by atoms with Crippen LogP contribution in [-0.2, 0) is 20.9 Å². The minimum Gasteiger partial charge on any atom is -0.481 e. The van der Waals surface area contributed by atoms with E-state index in [1.54, 1.807) is 19.1 Å². The number of carbonyl (C=O) groups excluding carboxylic acids is 1. The zero-order chi connectivity index (χ0) is 29.0. The van der Waals surface area contributed by atoms with Crippen molar-refractivity contribution in [3.05, 3.63) is 59.3 Å². The van der Waals surface area contributed by atoms with Crippen LogP contribution in [0.2, 0.25) is 0 Å². The first-order chi connectivity index (χ1) is 19.1. The number of pyridine rings is 1. The first-order valence-corrected chi connectivity index (χ1v) is 14.5. The van der Waals surface area contributed by atoms with E-state index < -0.39 is 35.6 Å². The average Bonchev–Trinajstić information content (AvgIpc) is 3.32. The van der Waals surface area contributed by atoms with Crippen LogP contribution >= 0.6 is 0 Å². The molecule has 2 aromatic rings. The van der Waals surface area contributed by atoms with Crippen LogP contribution in [0.3, 0.4) is 0 Å². The lowest BCUT2D eigenvalue weighted by molar-refractivity contribution is -0.156. The van der Waals surface area contributed by atoms with Gasteiger partial charge in [0.2, 0.25) is 11.8 Å². The Kier molecular flexibility index (Phi) is 9.52. The van der Waals surface area contributed by atoms with Crippen LogP contribution in [0, 0.1) is 11.8 Å². The van der Waals surface area contributed by atoms with Gasteiger partial charge in [-0.2, -0.15) is 0 Å². The van der Waals surface area contributed by atoms with Crippen molar-refractivity contribution in [3.63, 3.8) is 0 Å². The molecule has 218 valence electrons. The van der Waals surface area contributed by atoms with E-state index in [1.807, 2.05) is 50.4 Å². The number of nitrogens with zero attached hydrogens (tertiary/aromatic N) is 2. The van der Waals surface area contributed by atoms with Crippen molar-refractivity contribution < 1.29 is 24.2 Å². The highest BCUT2D eigenvalue weighted by Gasteiger charge is 2.59. The minimum atomic E-state index is -1.05. The average molecular weight is 552 g/mol. The van der Waals surface area contributed by atoms with Gasteiger partial charge in [0.25, 0.3) is 0 Å². The standard InChI is InChI=1S/C32H45N3O5/c1-20(2)23-17-24(29(39-5)34-18-23)19-33-26-25(32(3,4)40-6)28(31(37)38)35(27(26)21-13-9-7-10-14-21)30(36)22-15-11-8-12-16-22/h7,9-10,13-14,17-18,20,22,25-28,33H,8,11-12,15-16,19H2,1-6H3,(H,37,38)/t25-,26-,27-,28-/m0/s1. The van der Waals surface area contributed by atoms with E-state index in [1.165, 1.54) is 0 Å². The van der Waals surface area contributed by atoms with Crippen molar-refractivity contribution >= 4 is 11.9 Å². The van der Waals surface area contributed by atoms with Crippen LogP contribution in [0.1, 0.15) is 88.4 Å². The largest absolute Gasteiger partial charge is 0.481 e. The molecule has 4 atom stereocenters. The number of rotatable bonds is 10. The smallest absolute Gasteiger partial charge is 0.326 e. The number of amides is 1. The Hall–Kier alpha value is -2.97. The summed E-state index contributed by atoms with van der Waals surface area (Å²) in [6, 6.07) is 9.96. The maximum Gasteiger partial charge on any atom is 0.326 e. The third-order valence-corrected chi connectivity index (χ3v) is 8.93. The second-order valence-electron chi connectivity index (χ2n) is 12.1. The highest BCUT2D eigenvalue weighted by Crippen LogP contribution is 2.47. The fourth-order valence-electron chi connectivity index (χ4n) is 6.59. The molecule has 4 rings (SSSR count). The monoisotopic (exact) mass is 551 g/mol. The van der Waals surface area contributed by atoms with Crippen LogP contribution < -0.4 is 10.1 Å². The molecule has 0 unspecified atom stereocenters. The van der Waals surface area contributed by atoms with Crippen molar-refractivity contribution in [3.8, 4) is 5.88 Å². The normalized spacial score (nSPS) is 23.9. The number of hydrogen-bond acceptors (Lipinski definition) is 6. The van der Waals surface area contributed by atoms with Gasteiger partial charge >= 0.3 is 5.97 Å². The molecule has 8 heteroatoms. The summed E-state index contributed by atoms with van der Waals surface area (Å²) >= 11 is 0. The van der Waals surface area contributed by atoms with Crippen LogP contribution in [0.15, 0.2) is 42.6 Å². The highest BCUT2D eigenvalue weighted by atomic mass is 16.5. The zero-order valence-electron chi connectivity index (χ0n) is 24.7. The molecule has 2 heterocycles. The first-order valence-electron chi connectivity index (χ1n) is 14.5. The molecule has 2 N–H and O–H groups in total. The third-order valence-electron chi connectivity index (χ3n) is 8.93. The molecule has 1 saturated heterocycles. The molecule has 1 saturated carbocycles. The summed E-state index contributed by atoms with van der Waals surface area (Å²) in [5.41, 5.74) is 2.05. The molecule has 0 radical (unpaired) electrons. The van der Waals surface area contributed by atoms with Gasteiger partial charge in [0, 0.05) is 43.3 Å². The summed E-state index contributed by atoms with van der Waals surface area (Å²) in [5.74, 6) is -0.952. The van der Waals surface area contributed by atoms with E-state index in [2.05, 4.69) is 30.2 Å². The number of aromatic nitrogens is 1. The van der Waals surface area contributed by atoms with Crippen molar-refractivity contribution in [1.29, 1.82) is 0 Å². The van der Waals surface area contributed by atoms with Crippen molar-refractivity contribution in [2.45, 2.75) is 96.0 Å². The van der Waals surface area contributed by atoms with Gasteiger partial charge in [0.15, 0.2) is 0 Å². The van der Waals surface area contributed by atoms with Gasteiger partial charge in [-0.25, -0.2) is 9.78 Å². The summed E-state index contributed by atoms with van der Waals surface area (Å²) in [6.07, 6.45) is 6.52. The fourth-order valence-corrected chi connectivity index (χ4v) is 6.59. The van der Waals surface area contributed by atoms with Crippen LogP contribution in [0.4, 0.5) is 0 Å². The van der Waals surface area contributed by atoms with Crippen LogP contribution in [-0.4, -0.2) is 58.8 Å². The molecule has 2 fully saturated rings. The summed E-state index contributed by atoms with van der Waals surface area (Å²) in [6.45, 7) is 8.47. The lowest BCUT2D eigenvalue weighted by atomic mass is 9.79. The Labute approximate surface area is 238 Å². The number of carboxylic acid groups (broad SMARTS) is 1. The summed E-state index contributed by atoms with van der Waals surface area (Å²) in [5, 5.41) is 14.4. The summed E-state index contributed by atoms with van der Waals surface area (Å²) in [4.78, 5) is 33.5. The van der Waals surface area contributed by atoms with Crippen LogP contribution in [0.5, 0.6) is 5.88 Å². The third kappa shape index (κ3) is 6.03. The molecule has 0 bridgehead atoms. The van der Waals surface area contributed by atoms with Gasteiger partial charge < -0.3 is 24.8 Å². The number of nitrogens with one attached hydrogen (secondary N) is 1. The predicted octanol–water partition coefficient (Wildman–Crippen LogP) is 5.33. The Bertz CT molecular complexity index is 1160. The van der Waals surface area contributed by atoms with E-state index in [0.717, 1.165) is 48.8 Å².